The topological polar surface area (TPSA) is 42.7 Å². The summed E-state index contributed by atoms with van der Waals surface area (Å²) in [4.78, 5) is 4.59. The van der Waals surface area contributed by atoms with E-state index >= 15 is 0 Å². The first-order valence-electron chi connectivity index (χ1n) is 8.03. The lowest BCUT2D eigenvalue weighted by molar-refractivity contribution is 0.623. The van der Waals surface area contributed by atoms with Crippen molar-refractivity contribution in [3.63, 3.8) is 0 Å². The molecule has 1 aromatic heterocycles. The van der Waals surface area contributed by atoms with E-state index < -0.39 is 0 Å². The average Bonchev–Trinajstić information content (AvgIpc) is 3.26. The summed E-state index contributed by atoms with van der Waals surface area (Å²) in [5.41, 5.74) is 2.72. The van der Waals surface area contributed by atoms with Gasteiger partial charge in [0.1, 0.15) is 5.82 Å². The van der Waals surface area contributed by atoms with Gasteiger partial charge in [-0.05, 0) is 24.0 Å². The summed E-state index contributed by atoms with van der Waals surface area (Å²) in [7, 11) is 0. The highest BCUT2D eigenvalue weighted by atomic mass is 15.3. The number of rotatable bonds is 7. The Kier molecular flexibility index (Phi) is 4.34. The van der Waals surface area contributed by atoms with E-state index in [0.29, 0.717) is 0 Å². The molecule has 0 atom stereocenters. The molecule has 0 spiro atoms. The summed E-state index contributed by atoms with van der Waals surface area (Å²) in [5, 5.41) is 8.23. The van der Waals surface area contributed by atoms with Crippen molar-refractivity contribution in [1.29, 1.82) is 0 Å². The van der Waals surface area contributed by atoms with E-state index in [1.807, 2.05) is 0 Å². The number of hydrogen-bond donors (Lipinski definition) is 1. The lowest BCUT2D eigenvalue weighted by Gasteiger charge is -2.11. The van der Waals surface area contributed by atoms with Gasteiger partial charge in [-0.1, -0.05) is 38.1 Å². The SMILES string of the molecule is CCc1nc(CC)n(Cc2ccccc2CNC2CC2)n1. The molecule has 0 radical (unpaired) electrons. The molecule has 112 valence electrons. The Hall–Kier alpha value is -1.68. The molecule has 3 rings (SSSR count). The quantitative estimate of drug-likeness (QED) is 0.850. The van der Waals surface area contributed by atoms with Crippen LogP contribution in [-0.2, 0) is 25.9 Å². The highest BCUT2D eigenvalue weighted by molar-refractivity contribution is 5.27. The van der Waals surface area contributed by atoms with Crippen molar-refractivity contribution in [2.75, 3.05) is 0 Å². The number of benzene rings is 1. The van der Waals surface area contributed by atoms with Gasteiger partial charge in [-0.15, -0.1) is 0 Å². The highest BCUT2D eigenvalue weighted by Gasteiger charge is 2.20. The van der Waals surface area contributed by atoms with Gasteiger partial charge in [0.2, 0.25) is 0 Å². The summed E-state index contributed by atoms with van der Waals surface area (Å²) in [6, 6.07) is 9.39. The van der Waals surface area contributed by atoms with Crippen molar-refractivity contribution in [2.45, 2.75) is 58.7 Å². The fourth-order valence-corrected chi connectivity index (χ4v) is 2.55. The molecule has 4 heteroatoms. The van der Waals surface area contributed by atoms with Crippen LogP contribution in [0.1, 0.15) is 49.5 Å². The van der Waals surface area contributed by atoms with Crippen LogP contribution in [0, 0.1) is 0 Å². The van der Waals surface area contributed by atoms with E-state index in [1.165, 1.54) is 24.0 Å². The van der Waals surface area contributed by atoms with Crippen molar-refractivity contribution in [2.24, 2.45) is 0 Å². The van der Waals surface area contributed by atoms with Crippen molar-refractivity contribution in [3.05, 3.63) is 47.0 Å². The molecule has 1 aliphatic rings. The van der Waals surface area contributed by atoms with Gasteiger partial charge in [0, 0.05) is 25.4 Å². The molecule has 1 aromatic carbocycles. The first kappa shape index (κ1) is 14.3. The maximum absolute atomic E-state index is 4.63. The van der Waals surface area contributed by atoms with Crippen LogP contribution in [0.2, 0.25) is 0 Å². The van der Waals surface area contributed by atoms with Gasteiger partial charge in [-0.2, -0.15) is 5.10 Å². The minimum Gasteiger partial charge on any atom is -0.310 e. The maximum Gasteiger partial charge on any atom is 0.150 e. The molecule has 1 N–H and O–H groups in total. The molecule has 0 unspecified atom stereocenters. The van der Waals surface area contributed by atoms with Gasteiger partial charge in [0.15, 0.2) is 5.82 Å². The Morgan fingerprint density at radius 2 is 1.90 bits per heavy atom. The first-order chi connectivity index (χ1) is 10.3. The zero-order valence-corrected chi connectivity index (χ0v) is 13.0. The Morgan fingerprint density at radius 3 is 2.57 bits per heavy atom. The molecular weight excluding hydrogens is 260 g/mol. The van der Waals surface area contributed by atoms with E-state index in [9.17, 15) is 0 Å². The second-order valence-corrected chi connectivity index (χ2v) is 5.73. The summed E-state index contributed by atoms with van der Waals surface area (Å²) in [6.07, 6.45) is 4.47. The molecule has 1 aliphatic carbocycles. The number of aryl methyl sites for hydroxylation is 2. The van der Waals surface area contributed by atoms with Gasteiger partial charge in [-0.3, -0.25) is 0 Å². The van der Waals surface area contributed by atoms with Gasteiger partial charge in [0.25, 0.3) is 0 Å². The van der Waals surface area contributed by atoms with Gasteiger partial charge in [0.05, 0.1) is 6.54 Å². The van der Waals surface area contributed by atoms with Crippen LogP contribution in [0.4, 0.5) is 0 Å². The summed E-state index contributed by atoms with van der Waals surface area (Å²) in [6.45, 7) is 6.02. The molecular formula is C17H24N4. The lowest BCUT2D eigenvalue weighted by Crippen LogP contribution is -2.17. The van der Waals surface area contributed by atoms with Gasteiger partial charge in [-0.25, -0.2) is 9.67 Å². The number of nitrogens with zero attached hydrogens (tertiary/aromatic N) is 3. The van der Waals surface area contributed by atoms with E-state index in [1.54, 1.807) is 0 Å². The van der Waals surface area contributed by atoms with Crippen LogP contribution < -0.4 is 5.32 Å². The van der Waals surface area contributed by atoms with Crippen LogP contribution in [-0.4, -0.2) is 20.8 Å². The number of hydrogen-bond acceptors (Lipinski definition) is 3. The number of nitrogens with one attached hydrogen (secondary N) is 1. The van der Waals surface area contributed by atoms with E-state index in [4.69, 9.17) is 0 Å². The molecule has 21 heavy (non-hydrogen) atoms. The van der Waals surface area contributed by atoms with Crippen LogP contribution in [0.25, 0.3) is 0 Å². The third-order valence-electron chi connectivity index (χ3n) is 4.02. The zero-order chi connectivity index (χ0) is 14.7. The summed E-state index contributed by atoms with van der Waals surface area (Å²) in [5.74, 6) is 2.03. The number of aromatic nitrogens is 3. The lowest BCUT2D eigenvalue weighted by atomic mass is 10.1. The normalized spacial score (nSPS) is 14.6. The molecule has 0 saturated heterocycles. The Bertz CT molecular complexity index is 599. The Morgan fingerprint density at radius 1 is 1.14 bits per heavy atom. The summed E-state index contributed by atoms with van der Waals surface area (Å²) >= 11 is 0. The predicted molar refractivity (Wildman–Crippen MR) is 84.2 cm³/mol. The van der Waals surface area contributed by atoms with E-state index in [0.717, 1.165) is 43.6 Å². The van der Waals surface area contributed by atoms with Crippen molar-refractivity contribution in [3.8, 4) is 0 Å². The summed E-state index contributed by atoms with van der Waals surface area (Å²) < 4.78 is 2.06. The predicted octanol–water partition coefficient (Wildman–Crippen LogP) is 2.70. The third kappa shape index (κ3) is 3.50. The van der Waals surface area contributed by atoms with E-state index in [-0.39, 0.29) is 0 Å². The molecule has 1 heterocycles. The molecule has 4 nitrogen and oxygen atoms in total. The van der Waals surface area contributed by atoms with Gasteiger partial charge >= 0.3 is 0 Å². The van der Waals surface area contributed by atoms with Crippen LogP contribution in [0.5, 0.6) is 0 Å². The second-order valence-electron chi connectivity index (χ2n) is 5.73. The van der Waals surface area contributed by atoms with Crippen LogP contribution in [0.3, 0.4) is 0 Å². The fourth-order valence-electron chi connectivity index (χ4n) is 2.55. The Labute approximate surface area is 126 Å². The first-order valence-corrected chi connectivity index (χ1v) is 8.03. The zero-order valence-electron chi connectivity index (χ0n) is 13.0. The second kappa shape index (κ2) is 6.39. The standard InChI is InChI=1S/C17H24N4/c1-3-16-19-17(4-2)21(20-16)12-14-8-6-5-7-13(14)11-18-15-9-10-15/h5-8,15,18H,3-4,9-12H2,1-2H3. The van der Waals surface area contributed by atoms with Crippen molar-refractivity contribution < 1.29 is 0 Å². The molecule has 1 fully saturated rings. The van der Waals surface area contributed by atoms with Gasteiger partial charge < -0.3 is 5.32 Å². The highest BCUT2D eigenvalue weighted by Crippen LogP contribution is 2.20. The van der Waals surface area contributed by atoms with Crippen LogP contribution in [0.15, 0.2) is 24.3 Å². The molecule has 0 amide bonds. The molecule has 2 aromatic rings. The van der Waals surface area contributed by atoms with E-state index in [2.05, 4.69) is 58.2 Å². The third-order valence-corrected chi connectivity index (χ3v) is 4.02. The molecule has 0 bridgehead atoms. The maximum atomic E-state index is 4.63. The van der Waals surface area contributed by atoms with Crippen LogP contribution >= 0.6 is 0 Å². The fraction of sp³-hybridized carbons (Fsp3) is 0.529. The largest absolute Gasteiger partial charge is 0.310 e. The molecule has 0 aliphatic heterocycles. The monoisotopic (exact) mass is 284 g/mol. The smallest absolute Gasteiger partial charge is 0.150 e. The van der Waals surface area contributed by atoms with Crippen molar-refractivity contribution >= 4 is 0 Å². The average molecular weight is 284 g/mol. The minimum atomic E-state index is 0.738. The minimum absolute atomic E-state index is 0.738. The van der Waals surface area contributed by atoms with Crippen molar-refractivity contribution in [1.82, 2.24) is 20.1 Å². The molecule has 1 saturated carbocycles. The Balaban J connectivity index is 1.78.